The van der Waals surface area contributed by atoms with E-state index in [0.717, 1.165) is 16.2 Å². The Morgan fingerprint density at radius 3 is 2.63 bits per heavy atom. The zero-order valence-electron chi connectivity index (χ0n) is 10.3. The zero-order valence-corrected chi connectivity index (χ0v) is 11.9. The quantitative estimate of drug-likeness (QED) is 0.928. The summed E-state index contributed by atoms with van der Waals surface area (Å²) in [5, 5.41) is 3.03. The van der Waals surface area contributed by atoms with Gasteiger partial charge < -0.3 is 5.32 Å². The van der Waals surface area contributed by atoms with Crippen molar-refractivity contribution < 1.29 is 8.78 Å². The van der Waals surface area contributed by atoms with Gasteiger partial charge >= 0.3 is 0 Å². The topological polar surface area (TPSA) is 24.9 Å². The van der Waals surface area contributed by atoms with E-state index in [2.05, 4.69) is 26.2 Å². The molecule has 19 heavy (non-hydrogen) atoms. The highest BCUT2D eigenvalue weighted by atomic mass is 79.9. The predicted molar refractivity (Wildman–Crippen MR) is 73.8 cm³/mol. The molecule has 5 heteroatoms. The number of benzene rings is 1. The van der Waals surface area contributed by atoms with E-state index in [1.165, 1.54) is 12.1 Å². The smallest absolute Gasteiger partial charge is 0.130 e. The Hall–Kier alpha value is -1.33. The normalized spacial score (nSPS) is 12.4. The Morgan fingerprint density at radius 1 is 1.26 bits per heavy atom. The molecule has 1 aromatic heterocycles. The average Bonchev–Trinajstić information content (AvgIpc) is 2.39. The van der Waals surface area contributed by atoms with Crippen LogP contribution in [0.15, 0.2) is 41.0 Å². The third-order valence-electron chi connectivity index (χ3n) is 2.89. The van der Waals surface area contributed by atoms with Crippen molar-refractivity contribution in [2.75, 3.05) is 7.05 Å². The van der Waals surface area contributed by atoms with Gasteiger partial charge in [-0.05, 0) is 41.2 Å². The maximum absolute atomic E-state index is 13.7. The molecule has 0 radical (unpaired) electrons. The van der Waals surface area contributed by atoms with E-state index in [9.17, 15) is 8.78 Å². The summed E-state index contributed by atoms with van der Waals surface area (Å²) in [6.45, 7) is 0. The Kier molecular flexibility index (Phi) is 4.61. The van der Waals surface area contributed by atoms with E-state index < -0.39 is 11.6 Å². The molecule has 0 amide bonds. The molecule has 0 spiro atoms. The number of hydrogen-bond donors (Lipinski definition) is 1. The third kappa shape index (κ3) is 3.58. The molecule has 0 aliphatic rings. The number of nitrogens with one attached hydrogen (secondary N) is 1. The molecular weight excluding hydrogens is 314 g/mol. The van der Waals surface area contributed by atoms with Crippen molar-refractivity contribution in [1.82, 2.24) is 10.3 Å². The molecule has 0 saturated heterocycles. The molecule has 0 bridgehead atoms. The van der Waals surface area contributed by atoms with Crippen molar-refractivity contribution in [2.24, 2.45) is 0 Å². The molecule has 0 aliphatic heterocycles. The molecular formula is C14H13BrF2N2. The Bertz CT molecular complexity index is 558. The van der Waals surface area contributed by atoms with E-state index in [-0.39, 0.29) is 6.04 Å². The first-order valence-electron chi connectivity index (χ1n) is 5.83. The lowest BCUT2D eigenvalue weighted by molar-refractivity contribution is 0.518. The number of hydrogen-bond acceptors (Lipinski definition) is 2. The first-order chi connectivity index (χ1) is 9.10. The summed E-state index contributed by atoms with van der Waals surface area (Å²) in [4.78, 5) is 4.26. The van der Waals surface area contributed by atoms with Crippen LogP contribution >= 0.6 is 15.9 Å². The van der Waals surface area contributed by atoms with E-state index in [1.807, 2.05) is 12.1 Å². The largest absolute Gasteiger partial charge is 0.313 e. The minimum Gasteiger partial charge on any atom is -0.313 e. The van der Waals surface area contributed by atoms with Crippen molar-refractivity contribution in [3.05, 3.63) is 63.9 Å². The first-order valence-corrected chi connectivity index (χ1v) is 6.62. The molecule has 1 heterocycles. The molecule has 1 unspecified atom stereocenters. The van der Waals surface area contributed by atoms with Gasteiger partial charge in [-0.3, -0.25) is 4.98 Å². The Labute approximate surface area is 119 Å². The second-order valence-corrected chi connectivity index (χ2v) is 5.09. The second-order valence-electron chi connectivity index (χ2n) is 4.18. The second kappa shape index (κ2) is 6.21. The molecule has 0 fully saturated rings. The standard InChI is InChI=1S/C14H13BrF2N2/c1-18-14(7-11-4-2-9(15)8-19-11)12-5-3-10(16)6-13(12)17/h2-6,8,14,18H,7H2,1H3. The molecule has 1 atom stereocenters. The average molecular weight is 327 g/mol. The van der Waals surface area contributed by atoms with E-state index >= 15 is 0 Å². The zero-order chi connectivity index (χ0) is 13.8. The van der Waals surface area contributed by atoms with Gasteiger partial charge in [-0.2, -0.15) is 0 Å². The lowest BCUT2D eigenvalue weighted by Gasteiger charge is -2.17. The molecule has 1 aromatic carbocycles. The summed E-state index contributed by atoms with van der Waals surface area (Å²) in [6.07, 6.45) is 2.23. The van der Waals surface area contributed by atoms with Crippen LogP contribution in [0.25, 0.3) is 0 Å². The summed E-state index contributed by atoms with van der Waals surface area (Å²) in [5.74, 6) is -1.12. The Morgan fingerprint density at radius 2 is 2.05 bits per heavy atom. The summed E-state index contributed by atoms with van der Waals surface area (Å²) in [6, 6.07) is 7.14. The van der Waals surface area contributed by atoms with E-state index in [4.69, 9.17) is 0 Å². The van der Waals surface area contributed by atoms with Crippen LogP contribution in [0.5, 0.6) is 0 Å². The third-order valence-corrected chi connectivity index (χ3v) is 3.36. The van der Waals surface area contributed by atoms with Crippen LogP contribution < -0.4 is 5.32 Å². The Balaban J connectivity index is 2.22. The molecule has 0 saturated carbocycles. The highest BCUT2D eigenvalue weighted by Crippen LogP contribution is 2.21. The molecule has 1 N–H and O–H groups in total. The summed E-state index contributed by atoms with van der Waals surface area (Å²) < 4.78 is 27.5. The molecule has 2 nitrogen and oxygen atoms in total. The van der Waals surface area contributed by atoms with Crippen LogP contribution in [0.4, 0.5) is 8.78 Å². The van der Waals surface area contributed by atoms with Gasteiger partial charge in [0.2, 0.25) is 0 Å². The van der Waals surface area contributed by atoms with Gasteiger partial charge in [-0.25, -0.2) is 8.78 Å². The van der Waals surface area contributed by atoms with Crippen molar-refractivity contribution in [1.29, 1.82) is 0 Å². The SMILES string of the molecule is CNC(Cc1ccc(Br)cn1)c1ccc(F)cc1F. The van der Waals surface area contributed by atoms with Crippen molar-refractivity contribution in [3.63, 3.8) is 0 Å². The number of aromatic nitrogens is 1. The van der Waals surface area contributed by atoms with Crippen molar-refractivity contribution >= 4 is 15.9 Å². The van der Waals surface area contributed by atoms with Crippen LogP contribution in [-0.2, 0) is 6.42 Å². The predicted octanol–water partition coefficient (Wildman–Crippen LogP) is 3.63. The van der Waals surface area contributed by atoms with Gasteiger partial charge in [-0.1, -0.05) is 6.07 Å². The maximum Gasteiger partial charge on any atom is 0.130 e. The van der Waals surface area contributed by atoms with Crippen molar-refractivity contribution in [2.45, 2.75) is 12.5 Å². The van der Waals surface area contributed by atoms with Gasteiger partial charge in [0.25, 0.3) is 0 Å². The van der Waals surface area contributed by atoms with Gasteiger partial charge in [0.1, 0.15) is 11.6 Å². The number of pyridine rings is 1. The summed E-state index contributed by atoms with van der Waals surface area (Å²) in [7, 11) is 1.74. The van der Waals surface area contributed by atoms with E-state index in [0.29, 0.717) is 12.0 Å². The van der Waals surface area contributed by atoms with Crippen LogP contribution in [0.2, 0.25) is 0 Å². The molecule has 0 aliphatic carbocycles. The molecule has 2 aromatic rings. The molecule has 2 rings (SSSR count). The van der Waals surface area contributed by atoms with E-state index in [1.54, 1.807) is 13.2 Å². The number of rotatable bonds is 4. The van der Waals surface area contributed by atoms with Crippen LogP contribution in [0.1, 0.15) is 17.3 Å². The lowest BCUT2D eigenvalue weighted by Crippen LogP contribution is -2.20. The van der Waals surface area contributed by atoms with Gasteiger partial charge in [0, 0.05) is 40.5 Å². The maximum atomic E-state index is 13.7. The van der Waals surface area contributed by atoms with Gasteiger partial charge in [0.05, 0.1) is 0 Å². The van der Waals surface area contributed by atoms with Crippen LogP contribution in [0.3, 0.4) is 0 Å². The number of likely N-dealkylation sites (N-methyl/N-ethyl adjacent to an activating group) is 1. The van der Waals surface area contributed by atoms with Crippen LogP contribution in [0, 0.1) is 11.6 Å². The van der Waals surface area contributed by atoms with Crippen molar-refractivity contribution in [3.8, 4) is 0 Å². The highest BCUT2D eigenvalue weighted by Gasteiger charge is 2.15. The number of nitrogens with zero attached hydrogens (tertiary/aromatic N) is 1. The first kappa shape index (κ1) is 14.1. The summed E-state index contributed by atoms with van der Waals surface area (Å²) in [5.41, 5.74) is 1.28. The fraction of sp³-hybridized carbons (Fsp3) is 0.214. The monoisotopic (exact) mass is 326 g/mol. The minimum absolute atomic E-state index is 0.241. The van der Waals surface area contributed by atoms with Gasteiger partial charge in [0.15, 0.2) is 0 Å². The lowest BCUT2D eigenvalue weighted by atomic mass is 10.0. The van der Waals surface area contributed by atoms with Gasteiger partial charge in [-0.15, -0.1) is 0 Å². The molecule has 100 valence electrons. The highest BCUT2D eigenvalue weighted by molar-refractivity contribution is 9.10. The fourth-order valence-electron chi connectivity index (χ4n) is 1.89. The minimum atomic E-state index is -0.571. The summed E-state index contributed by atoms with van der Waals surface area (Å²) >= 11 is 3.31. The van der Waals surface area contributed by atoms with Crippen LogP contribution in [-0.4, -0.2) is 12.0 Å². The number of halogens is 3. The fourth-order valence-corrected chi connectivity index (χ4v) is 2.12.